The van der Waals surface area contributed by atoms with Gasteiger partial charge in [0.15, 0.2) is 0 Å². The fourth-order valence-corrected chi connectivity index (χ4v) is 1.47. The van der Waals surface area contributed by atoms with Crippen molar-refractivity contribution in [3.63, 3.8) is 0 Å². The highest BCUT2D eigenvalue weighted by atomic mass is 32.1. The molecular formula is C12H10FN3S. The Balaban J connectivity index is 2.28. The van der Waals surface area contributed by atoms with Gasteiger partial charge in [-0.05, 0) is 24.3 Å². The van der Waals surface area contributed by atoms with Crippen LogP contribution in [0.5, 0.6) is 0 Å². The zero-order chi connectivity index (χ0) is 12.3. The van der Waals surface area contributed by atoms with Crippen LogP contribution in [0.25, 0.3) is 0 Å². The maximum Gasteiger partial charge on any atom is 0.146 e. The van der Waals surface area contributed by atoms with Crippen LogP contribution in [0.2, 0.25) is 0 Å². The van der Waals surface area contributed by atoms with Crippen molar-refractivity contribution in [2.24, 2.45) is 5.73 Å². The molecule has 3 nitrogen and oxygen atoms in total. The number of rotatable bonds is 3. The molecule has 0 aliphatic carbocycles. The summed E-state index contributed by atoms with van der Waals surface area (Å²) in [7, 11) is 0. The van der Waals surface area contributed by atoms with Crippen molar-refractivity contribution in [2.45, 2.75) is 0 Å². The average Bonchev–Trinajstić information content (AvgIpc) is 2.32. The van der Waals surface area contributed by atoms with E-state index in [0.29, 0.717) is 17.1 Å². The highest BCUT2D eigenvalue weighted by Crippen LogP contribution is 2.19. The third-order valence-electron chi connectivity index (χ3n) is 2.17. The minimum absolute atomic E-state index is 0.210. The molecule has 0 saturated heterocycles. The van der Waals surface area contributed by atoms with Crippen molar-refractivity contribution in [1.82, 2.24) is 4.98 Å². The van der Waals surface area contributed by atoms with Crippen molar-refractivity contribution in [2.75, 3.05) is 5.32 Å². The van der Waals surface area contributed by atoms with Crippen LogP contribution in [0.3, 0.4) is 0 Å². The summed E-state index contributed by atoms with van der Waals surface area (Å²) in [5.41, 5.74) is 7.06. The van der Waals surface area contributed by atoms with Crippen LogP contribution in [-0.2, 0) is 0 Å². The van der Waals surface area contributed by atoms with Gasteiger partial charge in [-0.15, -0.1) is 0 Å². The quantitative estimate of drug-likeness (QED) is 0.819. The molecule has 0 unspecified atom stereocenters. The average molecular weight is 247 g/mol. The predicted octanol–water partition coefficient (Wildman–Crippen LogP) is 2.60. The Morgan fingerprint density at radius 3 is 2.76 bits per heavy atom. The minimum atomic E-state index is -0.318. The molecule has 2 aromatic rings. The normalized spacial score (nSPS) is 9.94. The van der Waals surface area contributed by atoms with E-state index in [1.165, 1.54) is 6.07 Å². The summed E-state index contributed by atoms with van der Waals surface area (Å²) < 4.78 is 13.4. The van der Waals surface area contributed by atoms with Gasteiger partial charge in [0.25, 0.3) is 0 Å². The number of hydrogen-bond acceptors (Lipinski definition) is 3. The summed E-state index contributed by atoms with van der Waals surface area (Å²) >= 11 is 4.83. The first-order valence-corrected chi connectivity index (χ1v) is 5.35. The molecule has 0 radical (unpaired) electrons. The highest BCUT2D eigenvalue weighted by Gasteiger charge is 2.03. The van der Waals surface area contributed by atoms with Gasteiger partial charge < -0.3 is 11.1 Å². The lowest BCUT2D eigenvalue weighted by Crippen LogP contribution is -2.11. The number of para-hydroxylation sites is 1. The Labute approximate surface area is 103 Å². The first-order chi connectivity index (χ1) is 8.16. The van der Waals surface area contributed by atoms with E-state index >= 15 is 0 Å². The van der Waals surface area contributed by atoms with Gasteiger partial charge in [-0.1, -0.05) is 24.4 Å². The van der Waals surface area contributed by atoms with E-state index in [0.717, 1.165) is 0 Å². The zero-order valence-corrected chi connectivity index (χ0v) is 9.67. The van der Waals surface area contributed by atoms with Gasteiger partial charge >= 0.3 is 0 Å². The fraction of sp³-hybridized carbons (Fsp3) is 0. The Morgan fingerprint density at radius 1 is 1.29 bits per heavy atom. The van der Waals surface area contributed by atoms with Crippen molar-refractivity contribution in [3.8, 4) is 0 Å². The summed E-state index contributed by atoms with van der Waals surface area (Å²) in [6, 6.07) is 9.81. The molecule has 1 aromatic heterocycles. The van der Waals surface area contributed by atoms with E-state index in [1.807, 2.05) is 0 Å². The van der Waals surface area contributed by atoms with Crippen LogP contribution in [0, 0.1) is 5.82 Å². The van der Waals surface area contributed by atoms with Crippen molar-refractivity contribution >= 4 is 28.6 Å². The molecule has 3 N–H and O–H groups in total. The summed E-state index contributed by atoms with van der Waals surface area (Å²) in [4.78, 5) is 4.21. The molecule has 5 heteroatoms. The summed E-state index contributed by atoms with van der Waals surface area (Å²) in [5, 5.41) is 2.94. The van der Waals surface area contributed by atoms with Crippen molar-refractivity contribution in [3.05, 3.63) is 54.1 Å². The molecule has 0 fully saturated rings. The largest absolute Gasteiger partial charge is 0.388 e. The van der Waals surface area contributed by atoms with Crippen LogP contribution in [0.4, 0.5) is 15.8 Å². The highest BCUT2D eigenvalue weighted by molar-refractivity contribution is 7.80. The van der Waals surface area contributed by atoms with E-state index in [9.17, 15) is 4.39 Å². The number of aromatic nitrogens is 1. The van der Waals surface area contributed by atoms with Gasteiger partial charge in [0.2, 0.25) is 0 Å². The molecule has 0 bridgehead atoms. The lowest BCUT2D eigenvalue weighted by Gasteiger charge is -2.08. The summed E-state index contributed by atoms with van der Waals surface area (Å²) in [5.74, 6) is -0.318. The van der Waals surface area contributed by atoms with E-state index in [1.54, 1.807) is 36.5 Å². The van der Waals surface area contributed by atoms with E-state index in [4.69, 9.17) is 18.0 Å². The molecule has 0 aliphatic heterocycles. The topological polar surface area (TPSA) is 50.9 Å². The molecule has 1 heterocycles. The first kappa shape index (κ1) is 11.5. The van der Waals surface area contributed by atoms with Crippen LogP contribution in [0.1, 0.15) is 5.69 Å². The molecule has 0 aliphatic rings. The number of thiocarbonyl (C=S) groups is 1. The van der Waals surface area contributed by atoms with Gasteiger partial charge in [-0.3, -0.25) is 4.98 Å². The zero-order valence-electron chi connectivity index (χ0n) is 8.85. The third-order valence-corrected chi connectivity index (χ3v) is 2.37. The molecule has 86 valence electrons. The second-order valence-corrected chi connectivity index (χ2v) is 3.84. The minimum Gasteiger partial charge on any atom is -0.388 e. The second-order valence-electron chi connectivity index (χ2n) is 3.40. The van der Waals surface area contributed by atoms with Crippen LogP contribution >= 0.6 is 12.2 Å². The van der Waals surface area contributed by atoms with Crippen LogP contribution < -0.4 is 11.1 Å². The van der Waals surface area contributed by atoms with Gasteiger partial charge in [-0.25, -0.2) is 4.39 Å². The van der Waals surface area contributed by atoms with Crippen molar-refractivity contribution in [1.29, 1.82) is 0 Å². The number of hydrogen-bond donors (Lipinski definition) is 2. The molecular weight excluding hydrogens is 237 g/mol. The Kier molecular flexibility index (Phi) is 3.30. The smallest absolute Gasteiger partial charge is 0.146 e. The van der Waals surface area contributed by atoms with Gasteiger partial charge in [0.1, 0.15) is 10.8 Å². The Hall–Kier alpha value is -2.01. The Bertz CT molecular complexity index is 557. The third kappa shape index (κ3) is 2.76. The van der Waals surface area contributed by atoms with Crippen LogP contribution in [0.15, 0.2) is 42.6 Å². The molecule has 0 saturated carbocycles. The molecule has 1 aromatic carbocycles. The number of benzene rings is 1. The summed E-state index contributed by atoms with van der Waals surface area (Å²) in [6.07, 6.45) is 1.57. The number of nitrogens with one attached hydrogen (secondary N) is 1. The standard InChI is InChI=1S/C12H10FN3S/c13-9-3-1-2-4-10(9)16-8-5-6-15-11(7-8)12(14)17/h1-7H,(H2,14,17)(H,15,16). The predicted molar refractivity (Wildman–Crippen MR) is 69.8 cm³/mol. The number of pyridine rings is 1. The number of nitrogens with two attached hydrogens (primary N) is 1. The molecule has 2 rings (SSSR count). The monoisotopic (exact) mass is 247 g/mol. The molecule has 0 atom stereocenters. The molecule has 17 heavy (non-hydrogen) atoms. The summed E-state index contributed by atoms with van der Waals surface area (Å²) in [6.45, 7) is 0. The Morgan fingerprint density at radius 2 is 2.06 bits per heavy atom. The number of nitrogens with zero attached hydrogens (tertiary/aromatic N) is 1. The van der Waals surface area contributed by atoms with Crippen LogP contribution in [-0.4, -0.2) is 9.97 Å². The van der Waals surface area contributed by atoms with E-state index in [2.05, 4.69) is 10.3 Å². The second kappa shape index (κ2) is 4.88. The lowest BCUT2D eigenvalue weighted by molar-refractivity contribution is 0.632. The van der Waals surface area contributed by atoms with Gasteiger partial charge in [0, 0.05) is 11.9 Å². The molecule has 0 amide bonds. The van der Waals surface area contributed by atoms with Gasteiger partial charge in [-0.2, -0.15) is 0 Å². The number of anilines is 2. The van der Waals surface area contributed by atoms with Crippen molar-refractivity contribution < 1.29 is 4.39 Å². The first-order valence-electron chi connectivity index (χ1n) is 4.94. The number of halogens is 1. The maximum atomic E-state index is 13.4. The van der Waals surface area contributed by atoms with E-state index in [-0.39, 0.29) is 10.8 Å². The fourth-order valence-electron chi connectivity index (χ4n) is 1.36. The van der Waals surface area contributed by atoms with Gasteiger partial charge in [0.05, 0.1) is 11.4 Å². The lowest BCUT2D eigenvalue weighted by atomic mass is 10.2. The molecule has 0 spiro atoms. The maximum absolute atomic E-state index is 13.4. The SMILES string of the molecule is NC(=S)c1cc(Nc2ccccc2F)ccn1. The van der Waals surface area contributed by atoms with E-state index < -0.39 is 0 Å².